The second-order valence-corrected chi connectivity index (χ2v) is 10.4. The van der Waals surface area contributed by atoms with Crippen molar-refractivity contribution in [2.24, 2.45) is 0 Å². The summed E-state index contributed by atoms with van der Waals surface area (Å²) >= 11 is 3.36. The van der Waals surface area contributed by atoms with E-state index in [4.69, 9.17) is 0 Å². The lowest BCUT2D eigenvalue weighted by molar-refractivity contribution is -0.118. The molecule has 0 fully saturated rings. The molecule has 0 saturated carbocycles. The maximum atomic E-state index is 13.0. The molecule has 0 saturated heterocycles. The van der Waals surface area contributed by atoms with Crippen LogP contribution >= 0.6 is 15.9 Å². The molecule has 3 rings (SSSR count). The predicted molar refractivity (Wildman–Crippen MR) is 122 cm³/mol. The van der Waals surface area contributed by atoms with Gasteiger partial charge in [0.15, 0.2) is 9.84 Å². The van der Waals surface area contributed by atoms with Crippen LogP contribution in [0.3, 0.4) is 0 Å². The predicted octanol–water partition coefficient (Wildman–Crippen LogP) is 3.88. The lowest BCUT2D eigenvalue weighted by Gasteiger charge is -2.19. The third-order valence-electron chi connectivity index (χ3n) is 5.31. The molecule has 0 unspecified atom stereocenters. The highest BCUT2D eigenvalue weighted by Crippen LogP contribution is 2.36. The minimum Gasteiger partial charge on any atom is -0.315 e. The average Bonchev–Trinajstić information content (AvgIpc) is 3.12. The second-order valence-electron chi connectivity index (χ2n) is 7.42. The molecule has 0 aliphatic carbocycles. The third kappa shape index (κ3) is 4.59. The molecule has 8 heteroatoms. The third-order valence-corrected chi connectivity index (χ3v) is 7.98. The Balaban J connectivity index is 1.79. The van der Waals surface area contributed by atoms with Crippen LogP contribution in [0.15, 0.2) is 45.8 Å². The summed E-state index contributed by atoms with van der Waals surface area (Å²) in [5.41, 5.74) is 3.34. The molecule has 1 aliphatic heterocycles. The largest absolute Gasteiger partial charge is 0.315 e. The van der Waals surface area contributed by atoms with Gasteiger partial charge in [-0.3, -0.25) is 9.59 Å². The zero-order valence-corrected chi connectivity index (χ0v) is 19.7. The molecular weight excluding hydrogens is 468 g/mol. The highest BCUT2D eigenvalue weighted by atomic mass is 79.9. The van der Waals surface area contributed by atoms with Crippen molar-refractivity contribution in [2.45, 2.75) is 38.0 Å². The molecule has 0 atom stereocenters. The Morgan fingerprint density at radius 2 is 1.93 bits per heavy atom. The van der Waals surface area contributed by atoms with Gasteiger partial charge in [-0.05, 0) is 64.7 Å². The van der Waals surface area contributed by atoms with Gasteiger partial charge in [0.05, 0.1) is 10.6 Å². The van der Waals surface area contributed by atoms with Crippen molar-refractivity contribution in [3.05, 3.63) is 52.0 Å². The van der Waals surface area contributed by atoms with E-state index in [9.17, 15) is 18.0 Å². The van der Waals surface area contributed by atoms with Gasteiger partial charge in [0.1, 0.15) is 0 Å². The van der Waals surface area contributed by atoms with Gasteiger partial charge in [-0.25, -0.2) is 8.42 Å². The zero-order chi connectivity index (χ0) is 22.1. The van der Waals surface area contributed by atoms with E-state index in [0.717, 1.165) is 16.8 Å². The second kappa shape index (κ2) is 8.89. The SMILES string of the molecule is CCC(=O)N1CCc2cc(Br)c(S(=O)(=O)CCC(=O)N(C)c3cccc(C)c3)cc21. The van der Waals surface area contributed by atoms with E-state index in [-0.39, 0.29) is 28.9 Å². The van der Waals surface area contributed by atoms with Crippen molar-refractivity contribution in [1.82, 2.24) is 0 Å². The van der Waals surface area contributed by atoms with Crippen LogP contribution in [-0.2, 0) is 25.8 Å². The van der Waals surface area contributed by atoms with E-state index in [0.29, 0.717) is 29.5 Å². The topological polar surface area (TPSA) is 74.8 Å². The minimum atomic E-state index is -3.72. The first-order valence-electron chi connectivity index (χ1n) is 9.83. The van der Waals surface area contributed by atoms with Crippen LogP contribution < -0.4 is 9.80 Å². The van der Waals surface area contributed by atoms with E-state index in [1.165, 1.54) is 4.90 Å². The van der Waals surface area contributed by atoms with Gasteiger partial charge in [0.25, 0.3) is 0 Å². The molecule has 1 aliphatic rings. The van der Waals surface area contributed by atoms with Crippen LogP contribution in [-0.4, -0.2) is 39.6 Å². The normalized spacial score (nSPS) is 13.3. The first-order valence-corrected chi connectivity index (χ1v) is 12.3. The quantitative estimate of drug-likeness (QED) is 0.612. The summed E-state index contributed by atoms with van der Waals surface area (Å²) < 4.78 is 26.5. The van der Waals surface area contributed by atoms with Gasteiger partial charge in [-0.1, -0.05) is 19.1 Å². The van der Waals surface area contributed by atoms with Crippen LogP contribution in [0.5, 0.6) is 0 Å². The average molecular weight is 493 g/mol. The van der Waals surface area contributed by atoms with Crippen LogP contribution in [0.4, 0.5) is 11.4 Å². The minimum absolute atomic E-state index is 0.0330. The maximum absolute atomic E-state index is 13.0. The Kier molecular flexibility index (Phi) is 6.67. The summed E-state index contributed by atoms with van der Waals surface area (Å²) in [6.45, 7) is 4.27. The molecule has 1 heterocycles. The number of rotatable bonds is 6. The fraction of sp³-hybridized carbons (Fsp3) is 0.364. The summed E-state index contributed by atoms with van der Waals surface area (Å²) in [7, 11) is -2.08. The van der Waals surface area contributed by atoms with Crippen LogP contribution in [0.1, 0.15) is 30.9 Å². The number of hydrogen-bond acceptors (Lipinski definition) is 4. The molecule has 160 valence electrons. The van der Waals surface area contributed by atoms with E-state index < -0.39 is 9.84 Å². The van der Waals surface area contributed by atoms with Crippen molar-refractivity contribution in [3.63, 3.8) is 0 Å². The monoisotopic (exact) mass is 492 g/mol. The smallest absolute Gasteiger partial charge is 0.227 e. The Bertz CT molecular complexity index is 1100. The van der Waals surface area contributed by atoms with Crippen LogP contribution in [0.25, 0.3) is 0 Å². The maximum Gasteiger partial charge on any atom is 0.227 e. The van der Waals surface area contributed by atoms with Crippen LogP contribution in [0.2, 0.25) is 0 Å². The fourth-order valence-corrected chi connectivity index (χ4v) is 6.00. The Morgan fingerprint density at radius 1 is 1.20 bits per heavy atom. The molecule has 2 aromatic rings. The molecule has 30 heavy (non-hydrogen) atoms. The van der Waals surface area contributed by atoms with E-state index in [2.05, 4.69) is 15.9 Å². The summed E-state index contributed by atoms with van der Waals surface area (Å²) in [5.74, 6) is -0.611. The molecule has 0 aromatic heterocycles. The summed E-state index contributed by atoms with van der Waals surface area (Å²) in [5, 5.41) is 0. The van der Waals surface area contributed by atoms with Crippen LogP contribution in [0, 0.1) is 6.92 Å². The highest BCUT2D eigenvalue weighted by Gasteiger charge is 2.28. The molecule has 0 spiro atoms. The van der Waals surface area contributed by atoms with Crippen molar-refractivity contribution >= 4 is 49.0 Å². The van der Waals surface area contributed by atoms with Crippen molar-refractivity contribution < 1.29 is 18.0 Å². The first-order chi connectivity index (χ1) is 14.1. The number of hydrogen-bond donors (Lipinski definition) is 0. The van der Waals surface area contributed by atoms with Gasteiger partial charge in [-0.15, -0.1) is 0 Å². The number of halogens is 1. The molecule has 0 N–H and O–H groups in total. The first kappa shape index (κ1) is 22.5. The van der Waals surface area contributed by atoms with Gasteiger partial charge in [0.2, 0.25) is 11.8 Å². The summed E-state index contributed by atoms with van der Waals surface area (Å²) in [6.07, 6.45) is 0.922. The molecular formula is C22H25BrN2O4S. The molecule has 0 radical (unpaired) electrons. The number of carbonyl (C=O) groups is 2. The lowest BCUT2D eigenvalue weighted by atomic mass is 10.2. The molecule has 0 bridgehead atoms. The molecule has 2 amide bonds. The molecule has 2 aromatic carbocycles. The number of anilines is 2. The number of fused-ring (bicyclic) bond motifs is 1. The Labute approximate surface area is 185 Å². The van der Waals surface area contributed by atoms with Crippen molar-refractivity contribution in [2.75, 3.05) is 29.1 Å². The van der Waals surface area contributed by atoms with Crippen molar-refractivity contribution in [3.8, 4) is 0 Å². The number of benzene rings is 2. The van der Waals surface area contributed by atoms with Gasteiger partial charge >= 0.3 is 0 Å². The summed E-state index contributed by atoms with van der Waals surface area (Å²) in [4.78, 5) is 28.0. The van der Waals surface area contributed by atoms with E-state index in [1.807, 2.05) is 31.2 Å². The molecule has 6 nitrogen and oxygen atoms in total. The number of amides is 2. The zero-order valence-electron chi connectivity index (χ0n) is 17.3. The lowest BCUT2D eigenvalue weighted by Crippen LogP contribution is -2.28. The van der Waals surface area contributed by atoms with Gasteiger partial charge < -0.3 is 9.80 Å². The Morgan fingerprint density at radius 3 is 2.60 bits per heavy atom. The number of nitrogens with zero attached hydrogens (tertiary/aromatic N) is 2. The standard InChI is InChI=1S/C22H25BrN2O4S/c1-4-21(26)25-10-8-16-13-18(23)20(14-19(16)25)30(28,29)11-9-22(27)24(3)17-7-5-6-15(2)12-17/h5-7,12-14H,4,8-11H2,1-3H3. The summed E-state index contributed by atoms with van der Waals surface area (Å²) in [6, 6.07) is 10.8. The van der Waals surface area contributed by atoms with Gasteiger partial charge in [0, 0.05) is 42.3 Å². The van der Waals surface area contributed by atoms with Gasteiger partial charge in [-0.2, -0.15) is 0 Å². The van der Waals surface area contributed by atoms with E-state index >= 15 is 0 Å². The number of carbonyl (C=O) groups excluding carboxylic acids is 2. The van der Waals surface area contributed by atoms with E-state index in [1.54, 1.807) is 31.0 Å². The van der Waals surface area contributed by atoms with Crippen molar-refractivity contribution in [1.29, 1.82) is 0 Å². The Hall–Kier alpha value is -2.19. The number of aryl methyl sites for hydroxylation is 1. The fourth-order valence-electron chi connectivity index (χ4n) is 3.56. The highest BCUT2D eigenvalue weighted by molar-refractivity contribution is 9.10. The number of sulfone groups is 1.